The molecule has 0 saturated carbocycles. The zero-order chi connectivity index (χ0) is 22.9. The average molecular weight is 458 g/mol. The van der Waals surface area contributed by atoms with Crippen molar-refractivity contribution in [3.05, 3.63) is 59.8 Å². The fourth-order valence-corrected chi connectivity index (χ4v) is 5.15. The summed E-state index contributed by atoms with van der Waals surface area (Å²) in [5.74, 6) is 1.10. The molecule has 1 N–H and O–H groups in total. The summed E-state index contributed by atoms with van der Waals surface area (Å²) in [5.41, 5.74) is 2.80. The SMILES string of the molecule is COc1ccc2[nH]cc(C3CCN(C(=O)c4ccc(S(=O)(=O)N(C)OC)cc4)CC3)c2c1. The van der Waals surface area contributed by atoms with Gasteiger partial charge in [0.05, 0.1) is 19.1 Å². The van der Waals surface area contributed by atoms with E-state index in [4.69, 9.17) is 9.57 Å². The third-order valence-corrected chi connectivity index (χ3v) is 7.83. The second-order valence-electron chi connectivity index (χ2n) is 7.84. The second kappa shape index (κ2) is 8.93. The van der Waals surface area contributed by atoms with Crippen LogP contribution in [0.1, 0.15) is 34.7 Å². The van der Waals surface area contributed by atoms with E-state index in [1.165, 1.54) is 31.9 Å². The summed E-state index contributed by atoms with van der Waals surface area (Å²) < 4.78 is 30.8. The summed E-state index contributed by atoms with van der Waals surface area (Å²) in [6.07, 6.45) is 3.78. The number of hydrogen-bond donors (Lipinski definition) is 1. The van der Waals surface area contributed by atoms with Crippen molar-refractivity contribution >= 4 is 26.8 Å². The Hall–Kier alpha value is -2.88. The van der Waals surface area contributed by atoms with Crippen LogP contribution < -0.4 is 4.74 Å². The Kier molecular flexibility index (Phi) is 6.23. The summed E-state index contributed by atoms with van der Waals surface area (Å²) >= 11 is 0. The Morgan fingerprint density at radius 3 is 2.41 bits per heavy atom. The number of sulfonamides is 1. The Morgan fingerprint density at radius 1 is 1.09 bits per heavy atom. The molecule has 1 aliphatic heterocycles. The maximum absolute atomic E-state index is 13.0. The molecule has 0 spiro atoms. The first-order valence-electron chi connectivity index (χ1n) is 10.4. The Labute approximate surface area is 187 Å². The number of methoxy groups -OCH3 is 1. The van der Waals surface area contributed by atoms with Crippen LogP contribution in [0.5, 0.6) is 5.75 Å². The lowest BCUT2D eigenvalue weighted by Gasteiger charge is -2.32. The van der Waals surface area contributed by atoms with Gasteiger partial charge >= 0.3 is 0 Å². The van der Waals surface area contributed by atoms with Gasteiger partial charge < -0.3 is 14.6 Å². The van der Waals surface area contributed by atoms with Crippen molar-refractivity contribution in [2.24, 2.45) is 0 Å². The van der Waals surface area contributed by atoms with Gasteiger partial charge in [-0.05, 0) is 66.8 Å². The minimum atomic E-state index is -3.74. The molecule has 1 fully saturated rings. The van der Waals surface area contributed by atoms with Gasteiger partial charge in [0.15, 0.2) is 0 Å². The van der Waals surface area contributed by atoms with E-state index in [-0.39, 0.29) is 10.8 Å². The van der Waals surface area contributed by atoms with E-state index in [1.54, 1.807) is 19.2 Å². The van der Waals surface area contributed by atoms with Crippen LogP contribution in [0.25, 0.3) is 10.9 Å². The van der Waals surface area contributed by atoms with E-state index in [2.05, 4.69) is 17.2 Å². The van der Waals surface area contributed by atoms with Gasteiger partial charge in [-0.2, -0.15) is 0 Å². The number of aromatic amines is 1. The number of carbonyl (C=O) groups is 1. The molecule has 0 bridgehead atoms. The minimum absolute atomic E-state index is 0.0758. The Balaban J connectivity index is 1.44. The number of hydroxylamine groups is 1. The quantitative estimate of drug-likeness (QED) is 0.573. The molecule has 170 valence electrons. The third-order valence-electron chi connectivity index (χ3n) is 6.14. The molecule has 3 aromatic rings. The average Bonchev–Trinajstić information content (AvgIpc) is 3.26. The molecule has 8 nitrogen and oxygen atoms in total. The fourth-order valence-electron chi connectivity index (χ4n) is 4.18. The van der Waals surface area contributed by atoms with Crippen molar-refractivity contribution < 1.29 is 22.8 Å². The van der Waals surface area contributed by atoms with E-state index in [0.717, 1.165) is 34.0 Å². The number of ether oxygens (including phenoxy) is 1. The molecule has 1 saturated heterocycles. The van der Waals surface area contributed by atoms with Crippen molar-refractivity contribution in [2.45, 2.75) is 23.7 Å². The lowest BCUT2D eigenvalue weighted by atomic mass is 9.89. The number of piperidine rings is 1. The van der Waals surface area contributed by atoms with Crippen LogP contribution >= 0.6 is 0 Å². The molecule has 1 amide bonds. The van der Waals surface area contributed by atoms with Crippen LogP contribution in [0.3, 0.4) is 0 Å². The van der Waals surface area contributed by atoms with Crippen molar-refractivity contribution in [2.75, 3.05) is 34.4 Å². The summed E-state index contributed by atoms with van der Waals surface area (Å²) in [4.78, 5) is 23.0. The van der Waals surface area contributed by atoms with Crippen LogP contribution in [-0.2, 0) is 14.9 Å². The molecule has 0 unspecified atom stereocenters. The van der Waals surface area contributed by atoms with Gasteiger partial charge in [-0.3, -0.25) is 9.63 Å². The van der Waals surface area contributed by atoms with Gasteiger partial charge in [0.1, 0.15) is 5.75 Å². The van der Waals surface area contributed by atoms with Crippen LogP contribution in [-0.4, -0.2) is 63.0 Å². The molecular formula is C23H27N3O5S. The number of H-pyrrole nitrogens is 1. The first-order chi connectivity index (χ1) is 15.3. The largest absolute Gasteiger partial charge is 0.497 e. The van der Waals surface area contributed by atoms with Gasteiger partial charge in [-0.1, -0.05) is 4.47 Å². The number of nitrogens with one attached hydrogen (secondary N) is 1. The molecule has 0 aliphatic carbocycles. The Morgan fingerprint density at radius 2 is 1.78 bits per heavy atom. The monoisotopic (exact) mass is 457 g/mol. The molecule has 1 aliphatic rings. The van der Waals surface area contributed by atoms with E-state index < -0.39 is 10.0 Å². The number of hydrogen-bond acceptors (Lipinski definition) is 5. The van der Waals surface area contributed by atoms with Crippen LogP contribution in [0.15, 0.2) is 53.6 Å². The lowest BCUT2D eigenvalue weighted by Crippen LogP contribution is -2.37. The highest BCUT2D eigenvalue weighted by Gasteiger charge is 2.27. The fraction of sp³-hybridized carbons (Fsp3) is 0.348. The normalized spacial score (nSPS) is 15.4. The number of nitrogens with zero attached hydrogens (tertiary/aromatic N) is 2. The molecule has 1 aromatic heterocycles. The van der Waals surface area contributed by atoms with Crippen LogP contribution in [0.2, 0.25) is 0 Å². The van der Waals surface area contributed by atoms with E-state index >= 15 is 0 Å². The minimum Gasteiger partial charge on any atom is -0.497 e. The van der Waals surface area contributed by atoms with Crippen molar-refractivity contribution in [1.82, 2.24) is 14.4 Å². The van der Waals surface area contributed by atoms with Gasteiger partial charge in [0.25, 0.3) is 15.9 Å². The molecule has 2 heterocycles. The maximum Gasteiger partial charge on any atom is 0.264 e. The summed E-state index contributed by atoms with van der Waals surface area (Å²) in [6.45, 7) is 1.29. The Bertz CT molecular complexity index is 1210. The van der Waals surface area contributed by atoms with E-state index in [0.29, 0.717) is 24.6 Å². The summed E-state index contributed by atoms with van der Waals surface area (Å²) in [5, 5.41) is 1.16. The lowest BCUT2D eigenvalue weighted by molar-refractivity contribution is -0.0258. The number of carbonyl (C=O) groups excluding carboxylic acids is 1. The van der Waals surface area contributed by atoms with Crippen molar-refractivity contribution in [3.63, 3.8) is 0 Å². The number of fused-ring (bicyclic) bond motifs is 1. The first kappa shape index (κ1) is 22.3. The molecule has 32 heavy (non-hydrogen) atoms. The zero-order valence-corrected chi connectivity index (χ0v) is 19.2. The summed E-state index contributed by atoms with van der Waals surface area (Å²) in [7, 11) is 0.530. The highest BCUT2D eigenvalue weighted by Crippen LogP contribution is 2.35. The summed E-state index contributed by atoms with van der Waals surface area (Å²) in [6, 6.07) is 12.0. The molecule has 4 rings (SSSR count). The standard InChI is InChI=1S/C23H27N3O5S/c1-25(31-3)32(28,29)19-7-4-17(5-8-19)23(27)26-12-10-16(11-13-26)21-15-24-22-9-6-18(30-2)14-20(21)22/h4-9,14-16,24H,10-13H2,1-3H3. The molecule has 2 aromatic carbocycles. The topological polar surface area (TPSA) is 91.9 Å². The number of likely N-dealkylation sites (tertiary alicyclic amines) is 1. The van der Waals surface area contributed by atoms with Gasteiger partial charge in [0.2, 0.25) is 0 Å². The molecule has 0 radical (unpaired) electrons. The van der Waals surface area contributed by atoms with Crippen molar-refractivity contribution in [1.29, 1.82) is 0 Å². The van der Waals surface area contributed by atoms with Crippen molar-refractivity contribution in [3.8, 4) is 5.75 Å². The molecular weight excluding hydrogens is 430 g/mol. The number of amides is 1. The second-order valence-corrected chi connectivity index (χ2v) is 9.78. The van der Waals surface area contributed by atoms with Crippen LogP contribution in [0.4, 0.5) is 0 Å². The van der Waals surface area contributed by atoms with E-state index in [9.17, 15) is 13.2 Å². The predicted molar refractivity (Wildman–Crippen MR) is 121 cm³/mol. The number of rotatable bonds is 6. The van der Waals surface area contributed by atoms with Gasteiger partial charge in [-0.25, -0.2) is 8.42 Å². The highest BCUT2D eigenvalue weighted by atomic mass is 32.2. The number of benzene rings is 2. The zero-order valence-electron chi connectivity index (χ0n) is 18.4. The smallest absolute Gasteiger partial charge is 0.264 e. The molecule has 9 heteroatoms. The van der Waals surface area contributed by atoms with E-state index in [1.807, 2.05) is 17.0 Å². The highest BCUT2D eigenvalue weighted by molar-refractivity contribution is 7.89. The predicted octanol–water partition coefficient (Wildman–Crippen LogP) is 3.38. The third kappa shape index (κ3) is 4.11. The van der Waals surface area contributed by atoms with Gasteiger partial charge in [0, 0.05) is 42.8 Å². The van der Waals surface area contributed by atoms with Gasteiger partial charge in [-0.15, -0.1) is 0 Å². The number of aromatic nitrogens is 1. The maximum atomic E-state index is 13.0. The molecule has 0 atom stereocenters. The van der Waals surface area contributed by atoms with Crippen LogP contribution in [0, 0.1) is 0 Å². The first-order valence-corrected chi connectivity index (χ1v) is 11.9.